The Hall–Kier alpha value is -1.13. The first-order valence-electron chi connectivity index (χ1n) is 2.65. The highest BCUT2D eigenvalue weighted by atomic mass is 16.5. The highest BCUT2D eigenvalue weighted by Crippen LogP contribution is 2.00. The lowest BCUT2D eigenvalue weighted by Crippen LogP contribution is -2.10. The molecule has 0 bridgehead atoms. The summed E-state index contributed by atoms with van der Waals surface area (Å²) in [5, 5.41) is 17.0. The third kappa shape index (κ3) is 1.23. The first-order valence-corrected chi connectivity index (χ1v) is 2.65. The van der Waals surface area contributed by atoms with Crippen molar-refractivity contribution in [1.82, 2.24) is 0 Å². The second-order valence-electron chi connectivity index (χ2n) is 1.73. The minimum Gasteiger partial charge on any atom is -0.431 e. The monoisotopic (exact) mass is 142 g/mol. The van der Waals surface area contributed by atoms with E-state index in [4.69, 9.17) is 10.2 Å². The summed E-state index contributed by atoms with van der Waals surface area (Å²) in [6, 6.07) is 2.70. The van der Waals surface area contributed by atoms with Gasteiger partial charge in [-0.15, -0.1) is 0 Å². The van der Waals surface area contributed by atoms with Crippen LogP contribution >= 0.6 is 0 Å². The van der Waals surface area contributed by atoms with E-state index in [0.29, 0.717) is 0 Å². The zero-order chi connectivity index (χ0) is 7.56. The summed E-state index contributed by atoms with van der Waals surface area (Å²) in [5.74, 6) is 0. The van der Waals surface area contributed by atoms with Crippen LogP contribution in [0, 0.1) is 0 Å². The van der Waals surface area contributed by atoms with Gasteiger partial charge in [-0.1, -0.05) is 0 Å². The van der Waals surface area contributed by atoms with Crippen molar-refractivity contribution in [1.29, 1.82) is 0 Å². The number of aliphatic hydroxyl groups is 2. The molecule has 0 unspecified atom stereocenters. The Kier molecular flexibility index (Phi) is 1.84. The van der Waals surface area contributed by atoms with Crippen LogP contribution < -0.4 is 5.63 Å². The number of rotatable bonds is 1. The molecule has 4 heteroatoms. The molecular weight excluding hydrogens is 136 g/mol. The predicted octanol–water partition coefficient (Wildman–Crippen LogP) is -0.377. The molecule has 0 atom stereocenters. The van der Waals surface area contributed by atoms with Crippen LogP contribution in [0.5, 0.6) is 0 Å². The molecule has 0 amide bonds. The molecule has 0 aliphatic carbocycles. The molecule has 1 aromatic heterocycles. The van der Waals surface area contributed by atoms with E-state index < -0.39 is 11.9 Å². The maximum atomic E-state index is 10.6. The molecule has 4 nitrogen and oxygen atoms in total. The second kappa shape index (κ2) is 2.64. The van der Waals surface area contributed by atoms with Crippen molar-refractivity contribution in [2.75, 3.05) is 0 Å². The Morgan fingerprint density at radius 1 is 1.50 bits per heavy atom. The van der Waals surface area contributed by atoms with E-state index in [0.717, 1.165) is 0 Å². The van der Waals surface area contributed by atoms with Gasteiger partial charge in [0, 0.05) is 0 Å². The van der Waals surface area contributed by atoms with Crippen LogP contribution in [-0.4, -0.2) is 10.2 Å². The van der Waals surface area contributed by atoms with Gasteiger partial charge >= 0.3 is 5.63 Å². The van der Waals surface area contributed by atoms with Crippen molar-refractivity contribution in [2.24, 2.45) is 0 Å². The quantitative estimate of drug-likeness (QED) is 0.524. The Morgan fingerprint density at radius 2 is 2.20 bits per heavy atom. The molecule has 10 heavy (non-hydrogen) atoms. The van der Waals surface area contributed by atoms with E-state index in [9.17, 15) is 4.79 Å². The lowest BCUT2D eigenvalue weighted by Gasteiger charge is -1.97. The zero-order valence-corrected chi connectivity index (χ0v) is 5.02. The largest absolute Gasteiger partial charge is 0.431 e. The van der Waals surface area contributed by atoms with Crippen LogP contribution in [0.3, 0.4) is 0 Å². The van der Waals surface area contributed by atoms with E-state index in [1.54, 1.807) is 0 Å². The fourth-order valence-corrected chi connectivity index (χ4v) is 0.572. The van der Waals surface area contributed by atoms with Gasteiger partial charge in [0.25, 0.3) is 0 Å². The van der Waals surface area contributed by atoms with E-state index in [1.807, 2.05) is 0 Å². The molecule has 0 saturated carbocycles. The summed E-state index contributed by atoms with van der Waals surface area (Å²) in [7, 11) is 0. The minimum absolute atomic E-state index is 0.150. The third-order valence-electron chi connectivity index (χ3n) is 1.04. The smallest absolute Gasteiger partial charge is 0.343 e. The van der Waals surface area contributed by atoms with Gasteiger partial charge in [-0.2, -0.15) is 0 Å². The van der Waals surface area contributed by atoms with E-state index >= 15 is 0 Å². The topological polar surface area (TPSA) is 70.7 Å². The molecule has 54 valence electrons. The van der Waals surface area contributed by atoms with Crippen molar-refractivity contribution in [3.05, 3.63) is 34.4 Å². The maximum Gasteiger partial charge on any atom is 0.343 e. The van der Waals surface area contributed by atoms with Crippen LogP contribution in [0.4, 0.5) is 0 Å². The normalized spacial score (nSPS) is 10.3. The molecule has 2 N–H and O–H groups in total. The van der Waals surface area contributed by atoms with Gasteiger partial charge in [-0.3, -0.25) is 0 Å². The van der Waals surface area contributed by atoms with Crippen LogP contribution in [0.25, 0.3) is 0 Å². The Morgan fingerprint density at radius 3 is 2.60 bits per heavy atom. The van der Waals surface area contributed by atoms with E-state index in [-0.39, 0.29) is 5.56 Å². The molecule has 1 aromatic rings. The number of hydrogen-bond donors (Lipinski definition) is 2. The summed E-state index contributed by atoms with van der Waals surface area (Å²) in [6.07, 6.45) is -0.578. The molecule has 0 aliphatic heterocycles. The molecule has 0 aliphatic rings. The third-order valence-corrected chi connectivity index (χ3v) is 1.04. The van der Waals surface area contributed by atoms with E-state index in [2.05, 4.69) is 4.42 Å². The van der Waals surface area contributed by atoms with Gasteiger partial charge in [-0.25, -0.2) is 4.79 Å². The van der Waals surface area contributed by atoms with Crippen LogP contribution in [0.2, 0.25) is 0 Å². The number of aliphatic hydroxyl groups excluding tert-OH is 1. The van der Waals surface area contributed by atoms with Crippen molar-refractivity contribution in [2.45, 2.75) is 6.29 Å². The average molecular weight is 142 g/mol. The van der Waals surface area contributed by atoms with Crippen LogP contribution in [-0.2, 0) is 0 Å². The molecule has 0 spiro atoms. The SMILES string of the molecule is O=c1occcc1C(O)O. The highest BCUT2D eigenvalue weighted by Gasteiger charge is 2.06. The van der Waals surface area contributed by atoms with Crippen LogP contribution in [0.1, 0.15) is 11.9 Å². The van der Waals surface area contributed by atoms with Gasteiger partial charge < -0.3 is 14.6 Å². The summed E-state index contributed by atoms with van der Waals surface area (Å²) < 4.78 is 4.34. The standard InChI is InChI=1S/C6H6O4/c7-5(8)4-2-1-3-10-6(4)9/h1-3,5,7-8H. The van der Waals surface area contributed by atoms with Crippen LogP contribution in [0.15, 0.2) is 27.6 Å². The molecule has 0 fully saturated rings. The second-order valence-corrected chi connectivity index (χ2v) is 1.73. The first kappa shape index (κ1) is 6.98. The van der Waals surface area contributed by atoms with Crippen molar-refractivity contribution < 1.29 is 14.6 Å². The Bertz CT molecular complexity index is 262. The van der Waals surface area contributed by atoms with Gasteiger partial charge in [-0.05, 0) is 12.1 Å². The Balaban J connectivity index is 3.16. The zero-order valence-electron chi connectivity index (χ0n) is 5.02. The minimum atomic E-state index is -1.75. The van der Waals surface area contributed by atoms with Gasteiger partial charge in [0.1, 0.15) is 0 Å². The molecule has 1 heterocycles. The van der Waals surface area contributed by atoms with Crippen molar-refractivity contribution >= 4 is 0 Å². The highest BCUT2D eigenvalue weighted by molar-refractivity contribution is 5.07. The average Bonchev–Trinajstić information content (AvgIpc) is 1.88. The first-order chi connectivity index (χ1) is 4.72. The molecular formula is C6H6O4. The van der Waals surface area contributed by atoms with Gasteiger partial charge in [0.05, 0.1) is 11.8 Å². The lowest BCUT2D eigenvalue weighted by molar-refractivity contribution is -0.0448. The summed E-state index contributed by atoms with van der Waals surface area (Å²) in [4.78, 5) is 10.6. The predicted molar refractivity (Wildman–Crippen MR) is 32.2 cm³/mol. The fraction of sp³-hybridized carbons (Fsp3) is 0.167. The maximum absolute atomic E-state index is 10.6. The lowest BCUT2D eigenvalue weighted by atomic mass is 10.3. The van der Waals surface area contributed by atoms with Gasteiger partial charge in [0.15, 0.2) is 6.29 Å². The van der Waals surface area contributed by atoms with E-state index in [1.165, 1.54) is 18.4 Å². The van der Waals surface area contributed by atoms with Crippen molar-refractivity contribution in [3.63, 3.8) is 0 Å². The van der Waals surface area contributed by atoms with Gasteiger partial charge in [0.2, 0.25) is 0 Å². The summed E-state index contributed by atoms with van der Waals surface area (Å²) >= 11 is 0. The fourth-order valence-electron chi connectivity index (χ4n) is 0.572. The Labute approximate surface area is 56.4 Å². The molecule has 0 aromatic carbocycles. The summed E-state index contributed by atoms with van der Waals surface area (Å²) in [5.41, 5.74) is -0.875. The summed E-state index contributed by atoms with van der Waals surface area (Å²) in [6.45, 7) is 0. The molecule has 1 rings (SSSR count). The van der Waals surface area contributed by atoms with Crippen molar-refractivity contribution in [3.8, 4) is 0 Å². The molecule has 0 radical (unpaired) electrons. The number of hydrogen-bond acceptors (Lipinski definition) is 4. The molecule has 0 saturated heterocycles.